The van der Waals surface area contributed by atoms with Crippen LogP contribution in [0.2, 0.25) is 0 Å². The van der Waals surface area contributed by atoms with Gasteiger partial charge in [-0.25, -0.2) is 0 Å². The molecule has 1 aliphatic carbocycles. The summed E-state index contributed by atoms with van der Waals surface area (Å²) in [7, 11) is 0. The molecule has 1 aliphatic rings. The van der Waals surface area contributed by atoms with Crippen LogP contribution in [0.1, 0.15) is 36.8 Å². The van der Waals surface area contributed by atoms with E-state index in [2.05, 4.69) is 60.5 Å². The lowest BCUT2D eigenvalue weighted by Crippen LogP contribution is -1.91. The zero-order valence-electron chi connectivity index (χ0n) is 12.5. The second-order valence-corrected chi connectivity index (χ2v) is 5.61. The molecule has 1 heterocycles. The van der Waals surface area contributed by atoms with Crippen molar-refractivity contribution in [2.75, 3.05) is 0 Å². The molecular formula is C20H21N. The van der Waals surface area contributed by atoms with Crippen molar-refractivity contribution in [1.82, 2.24) is 4.98 Å². The van der Waals surface area contributed by atoms with Gasteiger partial charge in [0.25, 0.3) is 0 Å². The number of aryl methyl sites for hydroxylation is 1. The molecule has 0 fully saturated rings. The SMILES string of the molecule is Cc1cccnc1-c1ccccc1/C=C/C1=CCCCC1. The smallest absolute Gasteiger partial charge is 0.0737 e. The second-order valence-electron chi connectivity index (χ2n) is 5.61. The molecule has 0 bridgehead atoms. The number of benzene rings is 1. The zero-order valence-corrected chi connectivity index (χ0v) is 12.5. The maximum absolute atomic E-state index is 4.56. The lowest BCUT2D eigenvalue weighted by Gasteiger charge is -2.10. The fraction of sp³-hybridized carbons (Fsp3) is 0.250. The van der Waals surface area contributed by atoms with Crippen molar-refractivity contribution < 1.29 is 0 Å². The van der Waals surface area contributed by atoms with Crippen molar-refractivity contribution in [1.29, 1.82) is 0 Å². The van der Waals surface area contributed by atoms with Crippen LogP contribution in [0.25, 0.3) is 17.3 Å². The van der Waals surface area contributed by atoms with Gasteiger partial charge in [-0.1, -0.05) is 54.1 Å². The first-order valence-corrected chi connectivity index (χ1v) is 7.73. The first-order valence-electron chi connectivity index (χ1n) is 7.73. The Morgan fingerprint density at radius 3 is 2.71 bits per heavy atom. The highest BCUT2D eigenvalue weighted by Crippen LogP contribution is 2.26. The summed E-state index contributed by atoms with van der Waals surface area (Å²) in [5, 5.41) is 0. The summed E-state index contributed by atoms with van der Waals surface area (Å²) in [5.74, 6) is 0. The average molecular weight is 275 g/mol. The molecule has 1 nitrogen and oxygen atoms in total. The van der Waals surface area contributed by atoms with Crippen LogP contribution in [0, 0.1) is 6.92 Å². The molecule has 0 amide bonds. The van der Waals surface area contributed by atoms with Crippen LogP contribution in [0.15, 0.2) is 60.3 Å². The zero-order chi connectivity index (χ0) is 14.5. The third-order valence-electron chi connectivity index (χ3n) is 4.03. The number of hydrogen-bond acceptors (Lipinski definition) is 1. The molecule has 1 aromatic carbocycles. The third-order valence-corrected chi connectivity index (χ3v) is 4.03. The van der Waals surface area contributed by atoms with Crippen LogP contribution < -0.4 is 0 Å². The van der Waals surface area contributed by atoms with Crippen LogP contribution in [-0.2, 0) is 0 Å². The highest BCUT2D eigenvalue weighted by atomic mass is 14.7. The van der Waals surface area contributed by atoms with E-state index in [1.54, 1.807) is 0 Å². The van der Waals surface area contributed by atoms with Gasteiger partial charge in [0, 0.05) is 11.8 Å². The fourth-order valence-electron chi connectivity index (χ4n) is 2.84. The summed E-state index contributed by atoms with van der Waals surface area (Å²) in [6.07, 6.45) is 13.8. The highest BCUT2D eigenvalue weighted by Gasteiger charge is 2.06. The van der Waals surface area contributed by atoms with E-state index in [0.717, 1.165) is 5.69 Å². The summed E-state index contributed by atoms with van der Waals surface area (Å²) in [4.78, 5) is 4.56. The maximum atomic E-state index is 4.56. The average Bonchev–Trinajstić information content (AvgIpc) is 2.55. The topological polar surface area (TPSA) is 12.9 Å². The van der Waals surface area contributed by atoms with Crippen molar-refractivity contribution in [3.8, 4) is 11.3 Å². The molecule has 1 aromatic heterocycles. The molecule has 2 aromatic rings. The molecule has 0 unspecified atom stereocenters. The number of nitrogens with zero attached hydrogens (tertiary/aromatic N) is 1. The normalized spacial score (nSPS) is 15.2. The lowest BCUT2D eigenvalue weighted by molar-refractivity contribution is 0.712. The second kappa shape index (κ2) is 6.53. The number of allylic oxidation sites excluding steroid dienone is 3. The Hall–Kier alpha value is -2.15. The van der Waals surface area contributed by atoms with Crippen molar-refractivity contribution in [3.05, 3.63) is 71.4 Å². The van der Waals surface area contributed by atoms with Crippen LogP contribution in [0.4, 0.5) is 0 Å². The first kappa shape index (κ1) is 13.8. The van der Waals surface area contributed by atoms with Gasteiger partial charge in [-0.05, 0) is 49.8 Å². The number of hydrogen-bond donors (Lipinski definition) is 0. The van der Waals surface area contributed by atoms with E-state index in [1.165, 1.54) is 47.9 Å². The van der Waals surface area contributed by atoms with Crippen LogP contribution in [0.3, 0.4) is 0 Å². The largest absolute Gasteiger partial charge is 0.256 e. The van der Waals surface area contributed by atoms with Crippen molar-refractivity contribution in [2.45, 2.75) is 32.6 Å². The minimum absolute atomic E-state index is 1.08. The van der Waals surface area contributed by atoms with Gasteiger partial charge in [-0.2, -0.15) is 0 Å². The van der Waals surface area contributed by atoms with Crippen molar-refractivity contribution in [3.63, 3.8) is 0 Å². The minimum Gasteiger partial charge on any atom is -0.256 e. The van der Waals surface area contributed by atoms with E-state index < -0.39 is 0 Å². The van der Waals surface area contributed by atoms with E-state index in [1.807, 2.05) is 12.3 Å². The predicted octanol–water partition coefficient (Wildman–Crippen LogP) is 5.57. The van der Waals surface area contributed by atoms with E-state index in [4.69, 9.17) is 0 Å². The van der Waals surface area contributed by atoms with E-state index in [0.29, 0.717) is 0 Å². The Bertz CT molecular complexity index is 680. The van der Waals surface area contributed by atoms with Gasteiger partial charge >= 0.3 is 0 Å². The summed E-state index contributed by atoms with van der Waals surface area (Å²) >= 11 is 0. The molecule has 3 rings (SSSR count). The molecule has 1 heteroatoms. The van der Waals surface area contributed by atoms with E-state index >= 15 is 0 Å². The van der Waals surface area contributed by atoms with Gasteiger partial charge in [0.1, 0.15) is 0 Å². The molecule has 0 aliphatic heterocycles. The summed E-state index contributed by atoms with van der Waals surface area (Å²) in [6.45, 7) is 2.12. The molecule has 0 spiro atoms. The predicted molar refractivity (Wildman–Crippen MR) is 90.0 cm³/mol. The molecule has 0 atom stereocenters. The standard InChI is InChI=1S/C20H21N/c1-16-8-7-15-21-20(16)19-12-6-5-11-18(19)14-13-17-9-3-2-4-10-17/h5-9,11-15H,2-4,10H2,1H3/b14-13+. The molecular weight excluding hydrogens is 254 g/mol. The Morgan fingerprint density at radius 2 is 1.90 bits per heavy atom. The van der Waals surface area contributed by atoms with E-state index in [9.17, 15) is 0 Å². The van der Waals surface area contributed by atoms with Gasteiger partial charge in [0.2, 0.25) is 0 Å². The molecule has 0 saturated carbocycles. The monoisotopic (exact) mass is 275 g/mol. The molecule has 21 heavy (non-hydrogen) atoms. The van der Waals surface area contributed by atoms with Gasteiger partial charge in [-0.3, -0.25) is 4.98 Å². The number of aromatic nitrogens is 1. The summed E-state index contributed by atoms with van der Waals surface area (Å²) in [6, 6.07) is 12.6. The lowest BCUT2D eigenvalue weighted by atomic mass is 9.96. The van der Waals surface area contributed by atoms with Crippen LogP contribution in [0.5, 0.6) is 0 Å². The summed E-state index contributed by atoms with van der Waals surface area (Å²) in [5.41, 5.74) is 6.22. The molecule has 0 radical (unpaired) electrons. The Labute approximate surface area is 127 Å². The Morgan fingerprint density at radius 1 is 1.00 bits per heavy atom. The van der Waals surface area contributed by atoms with Crippen LogP contribution in [-0.4, -0.2) is 4.98 Å². The quantitative estimate of drug-likeness (QED) is 0.713. The van der Waals surface area contributed by atoms with Gasteiger partial charge < -0.3 is 0 Å². The minimum atomic E-state index is 1.08. The highest BCUT2D eigenvalue weighted by molar-refractivity contribution is 5.75. The van der Waals surface area contributed by atoms with Gasteiger partial charge in [0.05, 0.1) is 5.69 Å². The number of pyridine rings is 1. The van der Waals surface area contributed by atoms with Crippen molar-refractivity contribution in [2.24, 2.45) is 0 Å². The van der Waals surface area contributed by atoms with Crippen molar-refractivity contribution >= 4 is 6.08 Å². The Kier molecular flexibility index (Phi) is 4.30. The third kappa shape index (κ3) is 3.30. The fourth-order valence-corrected chi connectivity index (χ4v) is 2.84. The first-order chi connectivity index (χ1) is 10.3. The molecule has 0 N–H and O–H groups in total. The maximum Gasteiger partial charge on any atom is 0.0737 e. The van der Waals surface area contributed by atoms with E-state index in [-0.39, 0.29) is 0 Å². The molecule has 106 valence electrons. The van der Waals surface area contributed by atoms with Gasteiger partial charge in [-0.15, -0.1) is 0 Å². The molecule has 0 saturated heterocycles. The van der Waals surface area contributed by atoms with Crippen LogP contribution >= 0.6 is 0 Å². The Balaban J connectivity index is 1.95. The van der Waals surface area contributed by atoms with Gasteiger partial charge in [0.15, 0.2) is 0 Å². The number of rotatable bonds is 3. The summed E-state index contributed by atoms with van der Waals surface area (Å²) < 4.78 is 0.